The molecule has 0 unspecified atom stereocenters. The van der Waals surface area contributed by atoms with Gasteiger partial charge in [-0.15, -0.1) is 10.2 Å². The first-order valence-electron chi connectivity index (χ1n) is 8.70. The van der Waals surface area contributed by atoms with E-state index in [0.29, 0.717) is 29.5 Å². The molecule has 6 heteroatoms. The molecular weight excluding hydrogens is 342 g/mol. The molecule has 0 aliphatic carbocycles. The Morgan fingerprint density at radius 3 is 2.70 bits per heavy atom. The molecule has 0 spiro atoms. The first kappa shape index (κ1) is 18.4. The maximum atomic E-state index is 12.4. The monoisotopic (exact) mass is 363 g/mol. The van der Waals surface area contributed by atoms with Crippen molar-refractivity contribution in [3.63, 3.8) is 0 Å². The van der Waals surface area contributed by atoms with Gasteiger partial charge in [-0.2, -0.15) is 0 Å². The minimum Gasteiger partial charge on any atom is -0.497 e. The van der Waals surface area contributed by atoms with Gasteiger partial charge >= 0.3 is 0 Å². The quantitative estimate of drug-likeness (QED) is 0.645. The van der Waals surface area contributed by atoms with Gasteiger partial charge in [-0.3, -0.25) is 4.79 Å². The van der Waals surface area contributed by atoms with E-state index in [4.69, 9.17) is 9.15 Å². The Morgan fingerprint density at radius 2 is 1.96 bits per heavy atom. The van der Waals surface area contributed by atoms with Gasteiger partial charge in [-0.1, -0.05) is 43.3 Å². The third kappa shape index (κ3) is 4.82. The standard InChI is InChI=1S/C21H21N3O3/c1-3-16(12-15-8-5-4-6-9-15)20(25)22-14-19-23-24-21(27-19)17-10-7-11-18(13-17)26-2/h4-13H,3,14H2,1-2H3,(H,22,25)/b16-12+. The third-order valence-corrected chi connectivity index (χ3v) is 4.00. The van der Waals surface area contributed by atoms with Crippen LogP contribution in [-0.2, 0) is 11.3 Å². The highest BCUT2D eigenvalue weighted by molar-refractivity contribution is 5.97. The molecule has 2 aromatic carbocycles. The summed E-state index contributed by atoms with van der Waals surface area (Å²) in [5.74, 6) is 1.28. The van der Waals surface area contributed by atoms with Crippen LogP contribution in [0.3, 0.4) is 0 Å². The number of aromatic nitrogens is 2. The van der Waals surface area contributed by atoms with Gasteiger partial charge in [0, 0.05) is 11.1 Å². The van der Waals surface area contributed by atoms with E-state index >= 15 is 0 Å². The number of hydrogen-bond donors (Lipinski definition) is 1. The molecule has 0 saturated heterocycles. The summed E-state index contributed by atoms with van der Waals surface area (Å²) in [5.41, 5.74) is 2.44. The Balaban J connectivity index is 1.65. The Labute approximate surface area is 157 Å². The van der Waals surface area contributed by atoms with Crippen LogP contribution in [0.1, 0.15) is 24.8 Å². The molecule has 1 N–H and O–H groups in total. The second-order valence-electron chi connectivity index (χ2n) is 5.85. The lowest BCUT2D eigenvalue weighted by Gasteiger charge is -2.05. The number of nitrogens with one attached hydrogen (secondary N) is 1. The van der Waals surface area contributed by atoms with E-state index in [9.17, 15) is 4.79 Å². The van der Waals surface area contributed by atoms with E-state index in [1.807, 2.05) is 67.6 Å². The number of amides is 1. The predicted octanol–water partition coefficient (Wildman–Crippen LogP) is 3.86. The van der Waals surface area contributed by atoms with Crippen LogP contribution in [0.5, 0.6) is 5.75 Å². The maximum Gasteiger partial charge on any atom is 0.247 e. The summed E-state index contributed by atoms with van der Waals surface area (Å²) in [4.78, 5) is 12.4. The molecule has 27 heavy (non-hydrogen) atoms. The van der Waals surface area contributed by atoms with Crippen molar-refractivity contribution in [1.82, 2.24) is 15.5 Å². The lowest BCUT2D eigenvalue weighted by molar-refractivity contribution is -0.117. The number of carbonyl (C=O) groups is 1. The highest BCUT2D eigenvalue weighted by Crippen LogP contribution is 2.22. The topological polar surface area (TPSA) is 77.2 Å². The van der Waals surface area contributed by atoms with Gasteiger partial charge in [0.1, 0.15) is 5.75 Å². The van der Waals surface area contributed by atoms with Crippen LogP contribution in [0.25, 0.3) is 17.5 Å². The fraction of sp³-hybridized carbons (Fsp3) is 0.190. The minimum absolute atomic E-state index is 0.150. The first-order valence-corrected chi connectivity index (χ1v) is 8.70. The van der Waals surface area contributed by atoms with Crippen molar-refractivity contribution in [3.8, 4) is 17.2 Å². The van der Waals surface area contributed by atoms with Gasteiger partial charge in [0.15, 0.2) is 0 Å². The van der Waals surface area contributed by atoms with E-state index in [1.165, 1.54) is 0 Å². The van der Waals surface area contributed by atoms with Crippen molar-refractivity contribution in [2.75, 3.05) is 7.11 Å². The van der Waals surface area contributed by atoms with E-state index in [2.05, 4.69) is 15.5 Å². The third-order valence-electron chi connectivity index (χ3n) is 4.00. The zero-order valence-corrected chi connectivity index (χ0v) is 15.3. The highest BCUT2D eigenvalue weighted by Gasteiger charge is 2.12. The smallest absolute Gasteiger partial charge is 0.247 e. The molecule has 3 rings (SSSR count). The van der Waals surface area contributed by atoms with Crippen LogP contribution in [0, 0.1) is 0 Å². The van der Waals surface area contributed by atoms with Crippen LogP contribution in [0.2, 0.25) is 0 Å². The van der Waals surface area contributed by atoms with Gasteiger partial charge in [-0.25, -0.2) is 0 Å². The summed E-state index contributed by atoms with van der Waals surface area (Å²) < 4.78 is 10.8. The molecule has 6 nitrogen and oxygen atoms in total. The molecular formula is C21H21N3O3. The largest absolute Gasteiger partial charge is 0.497 e. The summed E-state index contributed by atoms with van der Waals surface area (Å²) >= 11 is 0. The van der Waals surface area contributed by atoms with Crippen molar-refractivity contribution in [1.29, 1.82) is 0 Å². The van der Waals surface area contributed by atoms with Crippen molar-refractivity contribution in [3.05, 3.63) is 71.6 Å². The lowest BCUT2D eigenvalue weighted by Crippen LogP contribution is -2.24. The average Bonchev–Trinajstić information content (AvgIpc) is 3.20. The zero-order chi connectivity index (χ0) is 19.1. The molecule has 0 aliphatic heterocycles. The highest BCUT2D eigenvalue weighted by atomic mass is 16.5. The number of ether oxygens (including phenoxy) is 1. The number of methoxy groups -OCH3 is 1. The minimum atomic E-state index is -0.150. The van der Waals surface area contributed by atoms with Crippen molar-refractivity contribution >= 4 is 12.0 Å². The molecule has 0 saturated carbocycles. The second-order valence-corrected chi connectivity index (χ2v) is 5.85. The second kappa shape index (κ2) is 8.80. The zero-order valence-electron chi connectivity index (χ0n) is 15.3. The number of rotatable bonds is 7. The molecule has 1 heterocycles. The number of carbonyl (C=O) groups excluding carboxylic acids is 1. The molecule has 138 valence electrons. The van der Waals surface area contributed by atoms with Crippen molar-refractivity contribution < 1.29 is 13.9 Å². The van der Waals surface area contributed by atoms with Gasteiger partial charge in [0.05, 0.1) is 13.7 Å². The van der Waals surface area contributed by atoms with E-state index in [1.54, 1.807) is 7.11 Å². The van der Waals surface area contributed by atoms with Crippen LogP contribution < -0.4 is 10.1 Å². The fourth-order valence-corrected chi connectivity index (χ4v) is 2.55. The van der Waals surface area contributed by atoms with Crippen LogP contribution in [-0.4, -0.2) is 23.2 Å². The SMILES string of the molecule is CC/C(=C\c1ccccc1)C(=O)NCc1nnc(-c2cccc(OC)c2)o1. The molecule has 0 bridgehead atoms. The van der Waals surface area contributed by atoms with Crippen LogP contribution in [0.15, 0.2) is 64.6 Å². The number of nitrogens with zero attached hydrogens (tertiary/aromatic N) is 2. The lowest BCUT2D eigenvalue weighted by atomic mass is 10.1. The van der Waals surface area contributed by atoms with Gasteiger partial charge in [0.2, 0.25) is 17.7 Å². The van der Waals surface area contributed by atoms with Crippen LogP contribution in [0.4, 0.5) is 0 Å². The summed E-state index contributed by atoms with van der Waals surface area (Å²) in [7, 11) is 1.60. The fourth-order valence-electron chi connectivity index (χ4n) is 2.55. The van der Waals surface area contributed by atoms with Crippen LogP contribution >= 0.6 is 0 Å². The first-order chi connectivity index (χ1) is 13.2. The normalized spacial score (nSPS) is 11.3. The summed E-state index contributed by atoms with van der Waals surface area (Å²) in [6, 6.07) is 17.1. The van der Waals surface area contributed by atoms with Crippen molar-refractivity contribution in [2.24, 2.45) is 0 Å². The molecule has 0 aliphatic rings. The predicted molar refractivity (Wildman–Crippen MR) is 103 cm³/mol. The van der Waals surface area contributed by atoms with Gasteiger partial charge in [0.25, 0.3) is 0 Å². The molecule has 0 radical (unpaired) electrons. The van der Waals surface area contributed by atoms with Gasteiger partial charge in [-0.05, 0) is 36.3 Å². The number of hydrogen-bond acceptors (Lipinski definition) is 5. The average molecular weight is 363 g/mol. The Kier molecular flexibility index (Phi) is 5.99. The van der Waals surface area contributed by atoms with Gasteiger partial charge < -0.3 is 14.5 Å². The summed E-state index contributed by atoms with van der Waals surface area (Å²) in [5, 5.41) is 10.9. The molecule has 1 amide bonds. The Hall–Kier alpha value is -3.41. The molecule has 1 aromatic heterocycles. The maximum absolute atomic E-state index is 12.4. The Bertz CT molecular complexity index is 933. The van der Waals surface area contributed by atoms with E-state index in [0.717, 1.165) is 11.1 Å². The summed E-state index contributed by atoms with van der Waals surface area (Å²) in [6.07, 6.45) is 2.50. The Morgan fingerprint density at radius 1 is 1.15 bits per heavy atom. The summed E-state index contributed by atoms with van der Waals surface area (Å²) in [6.45, 7) is 2.11. The van der Waals surface area contributed by atoms with Crippen molar-refractivity contribution in [2.45, 2.75) is 19.9 Å². The molecule has 3 aromatic rings. The number of benzene rings is 2. The molecule has 0 fully saturated rings. The van der Waals surface area contributed by atoms with E-state index < -0.39 is 0 Å². The molecule has 0 atom stereocenters. The van der Waals surface area contributed by atoms with E-state index in [-0.39, 0.29) is 12.5 Å².